The van der Waals surface area contributed by atoms with E-state index in [9.17, 15) is 9.59 Å². The number of carbonyl (C=O) groups excluding carboxylic acids is 2. The lowest BCUT2D eigenvalue weighted by atomic mass is 10.0. The predicted octanol–water partition coefficient (Wildman–Crippen LogP) is 3.78. The summed E-state index contributed by atoms with van der Waals surface area (Å²) in [5, 5.41) is 3.15. The van der Waals surface area contributed by atoms with Gasteiger partial charge in [0.2, 0.25) is 5.91 Å². The molecule has 164 valence electrons. The van der Waals surface area contributed by atoms with Crippen LogP contribution in [0, 0.1) is 0 Å². The Morgan fingerprint density at radius 3 is 2.42 bits per heavy atom. The molecule has 31 heavy (non-hydrogen) atoms. The lowest BCUT2D eigenvalue weighted by Gasteiger charge is -2.35. The normalized spacial score (nSPS) is 18.1. The van der Waals surface area contributed by atoms with Gasteiger partial charge in [0.1, 0.15) is 5.75 Å². The number of carbonyl (C=O) groups is 2. The third-order valence-electron chi connectivity index (χ3n) is 6.30. The van der Waals surface area contributed by atoms with E-state index in [-0.39, 0.29) is 17.9 Å². The molecule has 0 aliphatic carbocycles. The third kappa shape index (κ3) is 4.90. The second kappa shape index (κ2) is 9.96. The molecule has 2 fully saturated rings. The minimum absolute atomic E-state index is 0.0877. The maximum Gasteiger partial charge on any atom is 0.253 e. The SMILES string of the molecule is COc1ccc(C(CNC(=O)c2ccccc2N2CCCC2=O)N2CCCCC2)cc1. The molecule has 2 aliphatic heterocycles. The molecule has 2 aliphatic rings. The van der Waals surface area contributed by atoms with Crippen LogP contribution in [-0.2, 0) is 4.79 Å². The number of nitrogens with zero attached hydrogens (tertiary/aromatic N) is 2. The van der Waals surface area contributed by atoms with E-state index >= 15 is 0 Å². The summed E-state index contributed by atoms with van der Waals surface area (Å²) < 4.78 is 5.31. The number of anilines is 1. The van der Waals surface area contributed by atoms with Crippen molar-refractivity contribution in [3.05, 3.63) is 59.7 Å². The Bertz CT molecular complexity index is 906. The van der Waals surface area contributed by atoms with Crippen LogP contribution in [0.2, 0.25) is 0 Å². The van der Waals surface area contributed by atoms with Crippen molar-refractivity contribution < 1.29 is 14.3 Å². The van der Waals surface area contributed by atoms with Gasteiger partial charge in [-0.25, -0.2) is 0 Å². The van der Waals surface area contributed by atoms with Gasteiger partial charge in [0.25, 0.3) is 5.91 Å². The van der Waals surface area contributed by atoms with Crippen molar-refractivity contribution in [1.82, 2.24) is 10.2 Å². The highest BCUT2D eigenvalue weighted by Gasteiger charge is 2.27. The number of likely N-dealkylation sites (tertiary alicyclic amines) is 1. The molecule has 2 saturated heterocycles. The fourth-order valence-corrected chi connectivity index (χ4v) is 4.60. The summed E-state index contributed by atoms with van der Waals surface area (Å²) >= 11 is 0. The van der Waals surface area contributed by atoms with E-state index in [0.717, 1.165) is 25.3 Å². The van der Waals surface area contributed by atoms with E-state index in [1.807, 2.05) is 30.3 Å². The number of ether oxygens (including phenoxy) is 1. The largest absolute Gasteiger partial charge is 0.497 e. The van der Waals surface area contributed by atoms with Gasteiger partial charge in [-0.2, -0.15) is 0 Å². The first-order chi connectivity index (χ1) is 15.2. The first-order valence-corrected chi connectivity index (χ1v) is 11.2. The third-order valence-corrected chi connectivity index (χ3v) is 6.30. The molecule has 2 aromatic rings. The number of methoxy groups -OCH3 is 1. The number of hydrogen-bond acceptors (Lipinski definition) is 4. The van der Waals surface area contributed by atoms with Crippen LogP contribution in [0.15, 0.2) is 48.5 Å². The van der Waals surface area contributed by atoms with Crippen LogP contribution in [0.25, 0.3) is 0 Å². The van der Waals surface area contributed by atoms with Crippen LogP contribution in [0.4, 0.5) is 5.69 Å². The van der Waals surface area contributed by atoms with Crippen molar-refractivity contribution in [2.24, 2.45) is 0 Å². The van der Waals surface area contributed by atoms with E-state index in [1.54, 1.807) is 18.1 Å². The quantitative estimate of drug-likeness (QED) is 0.739. The van der Waals surface area contributed by atoms with Crippen molar-refractivity contribution in [2.75, 3.05) is 38.2 Å². The Morgan fingerprint density at radius 2 is 1.74 bits per heavy atom. The molecule has 0 bridgehead atoms. The second-order valence-electron chi connectivity index (χ2n) is 8.26. The maximum absolute atomic E-state index is 13.2. The number of rotatable bonds is 7. The molecular formula is C25H31N3O3. The molecule has 2 heterocycles. The zero-order valence-corrected chi connectivity index (χ0v) is 18.2. The summed E-state index contributed by atoms with van der Waals surface area (Å²) in [5.41, 5.74) is 2.44. The van der Waals surface area contributed by atoms with E-state index in [0.29, 0.717) is 30.8 Å². The van der Waals surface area contributed by atoms with E-state index in [2.05, 4.69) is 22.3 Å². The molecule has 6 heteroatoms. The van der Waals surface area contributed by atoms with Crippen LogP contribution in [0.3, 0.4) is 0 Å². The monoisotopic (exact) mass is 421 g/mol. The minimum Gasteiger partial charge on any atom is -0.497 e. The first-order valence-electron chi connectivity index (χ1n) is 11.2. The Hall–Kier alpha value is -2.86. The van der Waals surface area contributed by atoms with Crippen molar-refractivity contribution in [1.29, 1.82) is 0 Å². The molecule has 0 aromatic heterocycles. The van der Waals surface area contributed by atoms with Crippen LogP contribution in [-0.4, -0.2) is 50.0 Å². The lowest BCUT2D eigenvalue weighted by molar-refractivity contribution is -0.117. The first kappa shape index (κ1) is 21.4. The van der Waals surface area contributed by atoms with Crippen molar-refractivity contribution >= 4 is 17.5 Å². The number of benzene rings is 2. The molecule has 2 aromatic carbocycles. The van der Waals surface area contributed by atoms with Gasteiger partial charge < -0.3 is 15.0 Å². The van der Waals surface area contributed by atoms with Gasteiger partial charge in [0.15, 0.2) is 0 Å². The average molecular weight is 422 g/mol. The summed E-state index contributed by atoms with van der Waals surface area (Å²) in [4.78, 5) is 29.6. The Kier molecular flexibility index (Phi) is 6.87. The molecule has 6 nitrogen and oxygen atoms in total. The van der Waals surface area contributed by atoms with Gasteiger partial charge in [-0.05, 0) is 62.2 Å². The molecule has 2 amide bonds. The molecule has 1 unspecified atom stereocenters. The number of nitrogens with one attached hydrogen (secondary N) is 1. The zero-order valence-electron chi connectivity index (χ0n) is 18.2. The van der Waals surface area contributed by atoms with Crippen LogP contribution < -0.4 is 15.0 Å². The van der Waals surface area contributed by atoms with Crippen LogP contribution in [0.5, 0.6) is 5.75 Å². The van der Waals surface area contributed by atoms with Crippen molar-refractivity contribution in [3.8, 4) is 5.75 Å². The predicted molar refractivity (Wildman–Crippen MR) is 122 cm³/mol. The minimum atomic E-state index is -0.133. The van der Waals surface area contributed by atoms with Crippen LogP contribution >= 0.6 is 0 Å². The maximum atomic E-state index is 13.2. The topological polar surface area (TPSA) is 61.9 Å². The Morgan fingerprint density at radius 1 is 1.00 bits per heavy atom. The number of piperidine rings is 1. The van der Waals surface area contributed by atoms with Gasteiger partial charge in [0.05, 0.1) is 24.4 Å². The molecular weight excluding hydrogens is 390 g/mol. The summed E-state index contributed by atoms with van der Waals surface area (Å²) in [6.07, 6.45) is 5.00. The van der Waals surface area contributed by atoms with Crippen LogP contribution in [0.1, 0.15) is 54.1 Å². The fraction of sp³-hybridized carbons (Fsp3) is 0.440. The summed E-state index contributed by atoms with van der Waals surface area (Å²) in [5.74, 6) is 0.782. The van der Waals surface area contributed by atoms with Gasteiger partial charge in [-0.3, -0.25) is 14.5 Å². The number of amides is 2. The standard InChI is InChI=1S/C25H31N3O3/c1-31-20-13-11-19(12-14-20)23(27-15-5-2-6-16-27)18-26-25(30)21-8-3-4-9-22(21)28-17-7-10-24(28)29/h3-4,8-9,11-14,23H,2,5-7,10,15-18H2,1H3,(H,26,30). The van der Waals surface area contributed by atoms with Gasteiger partial charge in [-0.1, -0.05) is 30.7 Å². The second-order valence-corrected chi connectivity index (χ2v) is 8.26. The molecule has 1 N–H and O–H groups in total. The van der Waals surface area contributed by atoms with Gasteiger partial charge in [0, 0.05) is 19.5 Å². The highest BCUT2D eigenvalue weighted by Crippen LogP contribution is 2.28. The van der Waals surface area contributed by atoms with Crippen molar-refractivity contribution in [2.45, 2.75) is 38.1 Å². The van der Waals surface area contributed by atoms with E-state index in [1.165, 1.54) is 24.8 Å². The van der Waals surface area contributed by atoms with E-state index < -0.39 is 0 Å². The molecule has 0 spiro atoms. The molecule has 4 rings (SSSR count). The fourth-order valence-electron chi connectivity index (χ4n) is 4.60. The highest BCUT2D eigenvalue weighted by molar-refractivity contribution is 6.05. The number of hydrogen-bond donors (Lipinski definition) is 1. The average Bonchev–Trinajstić information content (AvgIpc) is 3.26. The smallest absolute Gasteiger partial charge is 0.253 e. The lowest BCUT2D eigenvalue weighted by Crippen LogP contribution is -2.41. The summed E-state index contributed by atoms with van der Waals surface area (Å²) in [6, 6.07) is 15.6. The molecule has 0 saturated carbocycles. The highest BCUT2D eigenvalue weighted by atomic mass is 16.5. The summed E-state index contributed by atoms with van der Waals surface area (Å²) in [6.45, 7) is 3.26. The molecule has 0 radical (unpaired) electrons. The summed E-state index contributed by atoms with van der Waals surface area (Å²) in [7, 11) is 1.67. The molecule has 1 atom stereocenters. The van der Waals surface area contributed by atoms with Crippen molar-refractivity contribution in [3.63, 3.8) is 0 Å². The van der Waals surface area contributed by atoms with E-state index in [4.69, 9.17) is 4.74 Å². The Labute approximate surface area is 184 Å². The Balaban J connectivity index is 1.51. The number of para-hydroxylation sites is 1. The van der Waals surface area contributed by atoms with Gasteiger partial charge in [-0.15, -0.1) is 0 Å². The zero-order chi connectivity index (χ0) is 21.6. The van der Waals surface area contributed by atoms with Gasteiger partial charge >= 0.3 is 0 Å².